The highest BCUT2D eigenvalue weighted by atomic mass is 16.5. The number of benzene rings is 1. The molecule has 0 aromatic heterocycles. The van der Waals surface area contributed by atoms with Gasteiger partial charge in [0.25, 0.3) is 0 Å². The van der Waals surface area contributed by atoms with E-state index in [1.54, 1.807) is 19.2 Å². The third-order valence-electron chi connectivity index (χ3n) is 3.00. The minimum Gasteiger partial charge on any atom is -0.383 e. The van der Waals surface area contributed by atoms with Crippen LogP contribution in [0.4, 0.5) is 5.69 Å². The molecule has 1 unspecified atom stereocenters. The van der Waals surface area contributed by atoms with Crippen LogP contribution in [0.3, 0.4) is 0 Å². The number of nitrogens with two attached hydrogens (primary N) is 1. The van der Waals surface area contributed by atoms with Crippen LogP contribution in [-0.2, 0) is 4.74 Å². The second kappa shape index (κ2) is 6.40. The SMILES string of the molecule is COCC(Nc1ccc(C(N)=O)cc1C)C(C)C. The van der Waals surface area contributed by atoms with Crippen LogP contribution in [0.15, 0.2) is 18.2 Å². The van der Waals surface area contributed by atoms with Crippen molar-refractivity contribution in [2.75, 3.05) is 19.0 Å². The van der Waals surface area contributed by atoms with Gasteiger partial charge in [0, 0.05) is 18.4 Å². The molecular weight excluding hydrogens is 228 g/mol. The number of anilines is 1. The fourth-order valence-corrected chi connectivity index (χ4v) is 1.76. The average Bonchev–Trinajstić information content (AvgIpc) is 2.30. The van der Waals surface area contributed by atoms with Crippen LogP contribution in [0.2, 0.25) is 0 Å². The third-order valence-corrected chi connectivity index (χ3v) is 3.00. The molecule has 0 aliphatic rings. The Morgan fingerprint density at radius 1 is 1.44 bits per heavy atom. The van der Waals surface area contributed by atoms with E-state index in [2.05, 4.69) is 19.2 Å². The molecule has 0 saturated carbocycles. The highest BCUT2D eigenvalue weighted by molar-refractivity contribution is 5.93. The highest BCUT2D eigenvalue weighted by Gasteiger charge is 2.14. The van der Waals surface area contributed by atoms with E-state index in [1.165, 1.54) is 0 Å². The minimum absolute atomic E-state index is 0.244. The Kier molecular flexibility index (Phi) is 5.16. The van der Waals surface area contributed by atoms with Gasteiger partial charge in [0.2, 0.25) is 5.91 Å². The Morgan fingerprint density at radius 3 is 2.56 bits per heavy atom. The van der Waals surface area contributed by atoms with Crippen LogP contribution < -0.4 is 11.1 Å². The van der Waals surface area contributed by atoms with E-state index in [-0.39, 0.29) is 6.04 Å². The molecule has 4 nitrogen and oxygen atoms in total. The number of hydrogen-bond donors (Lipinski definition) is 2. The molecular formula is C14H22N2O2. The van der Waals surface area contributed by atoms with Gasteiger partial charge in [-0.05, 0) is 36.6 Å². The van der Waals surface area contributed by atoms with E-state index < -0.39 is 5.91 Å². The van der Waals surface area contributed by atoms with Gasteiger partial charge in [-0.25, -0.2) is 0 Å². The van der Waals surface area contributed by atoms with Crippen molar-refractivity contribution in [2.24, 2.45) is 11.7 Å². The summed E-state index contributed by atoms with van der Waals surface area (Å²) in [6, 6.07) is 5.67. The molecule has 0 spiro atoms. The van der Waals surface area contributed by atoms with Gasteiger partial charge in [-0.1, -0.05) is 13.8 Å². The Hall–Kier alpha value is -1.55. The first kappa shape index (κ1) is 14.5. The Morgan fingerprint density at radius 2 is 2.11 bits per heavy atom. The van der Waals surface area contributed by atoms with Crippen molar-refractivity contribution < 1.29 is 9.53 Å². The molecule has 0 aliphatic carbocycles. The van der Waals surface area contributed by atoms with Crippen molar-refractivity contribution in [1.82, 2.24) is 0 Å². The number of rotatable bonds is 6. The van der Waals surface area contributed by atoms with E-state index in [9.17, 15) is 4.79 Å². The summed E-state index contributed by atoms with van der Waals surface area (Å²) in [5.74, 6) is 0.0575. The van der Waals surface area contributed by atoms with Crippen molar-refractivity contribution in [1.29, 1.82) is 0 Å². The summed E-state index contributed by atoms with van der Waals surface area (Å²) < 4.78 is 5.20. The summed E-state index contributed by atoms with van der Waals surface area (Å²) in [6.07, 6.45) is 0. The van der Waals surface area contributed by atoms with E-state index in [4.69, 9.17) is 10.5 Å². The standard InChI is InChI=1S/C14H22N2O2/c1-9(2)13(8-18-4)16-12-6-5-11(14(15)17)7-10(12)3/h5-7,9,13,16H,8H2,1-4H3,(H2,15,17). The molecule has 3 N–H and O–H groups in total. The number of carbonyl (C=O) groups excluding carboxylic acids is 1. The third kappa shape index (κ3) is 3.74. The van der Waals surface area contributed by atoms with Crippen LogP contribution in [0, 0.1) is 12.8 Å². The lowest BCUT2D eigenvalue weighted by atomic mass is 10.0. The van der Waals surface area contributed by atoms with Gasteiger partial charge in [-0.15, -0.1) is 0 Å². The van der Waals surface area contributed by atoms with Crippen molar-refractivity contribution >= 4 is 11.6 Å². The lowest BCUT2D eigenvalue weighted by Gasteiger charge is -2.24. The maximum atomic E-state index is 11.1. The number of amides is 1. The molecule has 1 aromatic carbocycles. The fraction of sp³-hybridized carbons (Fsp3) is 0.500. The lowest BCUT2D eigenvalue weighted by Crippen LogP contribution is -2.30. The highest BCUT2D eigenvalue weighted by Crippen LogP contribution is 2.19. The van der Waals surface area contributed by atoms with Crippen LogP contribution in [0.5, 0.6) is 0 Å². The van der Waals surface area contributed by atoms with E-state index in [1.807, 2.05) is 13.0 Å². The topological polar surface area (TPSA) is 64.3 Å². The molecule has 4 heteroatoms. The molecule has 18 heavy (non-hydrogen) atoms. The van der Waals surface area contributed by atoms with E-state index in [0.29, 0.717) is 18.1 Å². The normalized spacial score (nSPS) is 12.5. The van der Waals surface area contributed by atoms with E-state index in [0.717, 1.165) is 11.3 Å². The van der Waals surface area contributed by atoms with Crippen molar-refractivity contribution in [2.45, 2.75) is 26.8 Å². The minimum atomic E-state index is -0.401. The molecule has 0 radical (unpaired) electrons. The molecule has 1 atom stereocenters. The van der Waals surface area contributed by atoms with Gasteiger partial charge >= 0.3 is 0 Å². The number of primary amides is 1. The second-order valence-corrected chi connectivity index (χ2v) is 4.84. The molecule has 0 heterocycles. The molecule has 1 amide bonds. The number of nitrogens with one attached hydrogen (secondary N) is 1. The first-order valence-electron chi connectivity index (χ1n) is 6.11. The summed E-state index contributed by atoms with van der Waals surface area (Å²) in [5, 5.41) is 3.44. The van der Waals surface area contributed by atoms with Gasteiger partial charge in [0.05, 0.1) is 12.6 Å². The zero-order valence-electron chi connectivity index (χ0n) is 11.5. The lowest BCUT2D eigenvalue weighted by molar-refractivity contribution is 0.1000. The van der Waals surface area contributed by atoms with Crippen molar-refractivity contribution in [3.05, 3.63) is 29.3 Å². The molecule has 0 aliphatic heterocycles. The zero-order chi connectivity index (χ0) is 13.7. The fourth-order valence-electron chi connectivity index (χ4n) is 1.76. The predicted octanol–water partition coefficient (Wildman–Crippen LogP) is 2.18. The van der Waals surface area contributed by atoms with Crippen LogP contribution >= 0.6 is 0 Å². The summed E-state index contributed by atoms with van der Waals surface area (Å²) in [4.78, 5) is 11.1. The van der Waals surface area contributed by atoms with Gasteiger partial charge in [0.15, 0.2) is 0 Å². The molecule has 0 bridgehead atoms. The Labute approximate surface area is 109 Å². The van der Waals surface area contributed by atoms with Crippen molar-refractivity contribution in [3.8, 4) is 0 Å². The van der Waals surface area contributed by atoms with E-state index >= 15 is 0 Å². The Bertz CT molecular complexity index is 416. The van der Waals surface area contributed by atoms with Crippen LogP contribution in [0.25, 0.3) is 0 Å². The first-order valence-corrected chi connectivity index (χ1v) is 6.11. The average molecular weight is 250 g/mol. The molecule has 1 aromatic rings. The smallest absolute Gasteiger partial charge is 0.248 e. The van der Waals surface area contributed by atoms with Gasteiger partial charge in [-0.3, -0.25) is 4.79 Å². The van der Waals surface area contributed by atoms with Crippen molar-refractivity contribution in [3.63, 3.8) is 0 Å². The molecule has 1 rings (SSSR count). The first-order chi connectivity index (χ1) is 8.45. The predicted molar refractivity (Wildman–Crippen MR) is 73.8 cm³/mol. The monoisotopic (exact) mass is 250 g/mol. The molecule has 0 fully saturated rings. The summed E-state index contributed by atoms with van der Waals surface area (Å²) in [7, 11) is 1.69. The quantitative estimate of drug-likeness (QED) is 0.813. The van der Waals surface area contributed by atoms with Gasteiger partial charge in [-0.2, -0.15) is 0 Å². The number of ether oxygens (including phenoxy) is 1. The summed E-state index contributed by atoms with van der Waals surface area (Å²) >= 11 is 0. The maximum Gasteiger partial charge on any atom is 0.248 e. The molecule has 0 saturated heterocycles. The van der Waals surface area contributed by atoms with Gasteiger partial charge < -0.3 is 15.8 Å². The second-order valence-electron chi connectivity index (χ2n) is 4.84. The van der Waals surface area contributed by atoms with Gasteiger partial charge in [0.1, 0.15) is 0 Å². The summed E-state index contributed by atoms with van der Waals surface area (Å²) in [5.41, 5.74) is 7.80. The maximum absolute atomic E-state index is 11.1. The summed E-state index contributed by atoms with van der Waals surface area (Å²) in [6.45, 7) is 6.89. The number of methoxy groups -OCH3 is 1. The number of aryl methyl sites for hydroxylation is 1. The van der Waals surface area contributed by atoms with Crippen LogP contribution in [-0.4, -0.2) is 25.7 Å². The Balaban J connectivity index is 2.86. The zero-order valence-corrected chi connectivity index (χ0v) is 11.5. The number of carbonyl (C=O) groups is 1. The molecule has 100 valence electrons. The number of hydrogen-bond acceptors (Lipinski definition) is 3. The largest absolute Gasteiger partial charge is 0.383 e. The van der Waals surface area contributed by atoms with Crippen LogP contribution in [0.1, 0.15) is 29.8 Å².